The average Bonchev–Trinajstić information content (AvgIpc) is 3.76. The monoisotopic (exact) mass is 908 g/mol. The van der Waals surface area contributed by atoms with E-state index < -0.39 is 103 Å². The number of aliphatic hydroxyl groups is 1. The van der Waals surface area contributed by atoms with Crippen LogP contribution in [-0.4, -0.2) is 91.6 Å². The topological polar surface area (TPSA) is 263 Å². The van der Waals surface area contributed by atoms with Crippen LogP contribution in [0.15, 0.2) is 59.9 Å². The fourth-order valence-electron chi connectivity index (χ4n) is 7.04. The number of aliphatic hydroxyl groups excluding tert-OH is 1. The van der Waals surface area contributed by atoms with E-state index >= 15 is 0 Å². The predicted octanol–water partition coefficient (Wildman–Crippen LogP) is 3.37. The zero-order chi connectivity index (χ0) is 45.8. The summed E-state index contributed by atoms with van der Waals surface area (Å²) in [6.45, 7) is 22.1. The second-order valence-electron chi connectivity index (χ2n) is 19.0. The molecule has 23 heteroatoms. The molecule has 1 spiro atoms. The predicted molar refractivity (Wildman–Crippen MR) is 231 cm³/mol. The summed E-state index contributed by atoms with van der Waals surface area (Å²) in [5.74, 6) is 0. The van der Waals surface area contributed by atoms with Gasteiger partial charge in [-0.3, -0.25) is 27.9 Å². The number of hydrogen-bond acceptors (Lipinski definition) is 14. The molecule has 3 aliphatic rings. The van der Waals surface area contributed by atoms with Gasteiger partial charge in [0.1, 0.15) is 18.4 Å². The van der Waals surface area contributed by atoms with Crippen LogP contribution < -0.4 is 28.2 Å². The number of nitrogens with two attached hydrogens (primary N) is 1. The van der Waals surface area contributed by atoms with E-state index in [0.29, 0.717) is 0 Å². The maximum absolute atomic E-state index is 14.5. The molecule has 0 radical (unpaired) electrons. The summed E-state index contributed by atoms with van der Waals surface area (Å²) in [6.07, 6.45) is 0.0990. The van der Waals surface area contributed by atoms with Crippen LogP contribution in [0, 0.1) is 13.8 Å². The molecule has 2 fully saturated rings. The number of aryl methyl sites for hydroxylation is 2. The standard InChI is InChI=1S/C38H60N8O12SSi2/c1-23-18-45(29-17-25(41-42-40)26(20-47)55-29)34(50)43(31(23)48)15-13-14-16-44-32(49)24(2)19-46(35(44)51)33-30(57-61(11,12)37(6,7)8)38(27(39)22-59(52,53)58-38)28(56-33)21-54-60(9,10)36(3,4)5/h13-14,18-19,22,25-26,28-30,33,47H,15-17,20-21,39H2,1-12H3/b14-13-/t25-,26+,28?,29+,30-,33+,38?/m0/s1. The fraction of sp³-hybridized carbons (Fsp3) is 0.684. The fourth-order valence-corrected chi connectivity index (χ4v) is 10.5. The lowest BCUT2D eigenvalue weighted by Crippen LogP contribution is -2.59. The second kappa shape index (κ2) is 17.0. The van der Waals surface area contributed by atoms with Gasteiger partial charge in [0.05, 0.1) is 36.5 Å². The van der Waals surface area contributed by atoms with Crippen LogP contribution in [0.3, 0.4) is 0 Å². The summed E-state index contributed by atoms with van der Waals surface area (Å²) in [5.41, 5.74) is 11.1. The molecule has 2 aromatic rings. The lowest BCUT2D eigenvalue weighted by molar-refractivity contribution is -0.0567. The Labute approximate surface area is 356 Å². The Balaban J connectivity index is 1.55. The van der Waals surface area contributed by atoms with Crippen molar-refractivity contribution >= 4 is 26.8 Å². The quantitative estimate of drug-likeness (QED) is 0.0730. The third-order valence-corrected chi connectivity index (χ3v) is 22.7. The van der Waals surface area contributed by atoms with E-state index in [4.69, 9.17) is 33.8 Å². The Hall–Kier alpha value is -3.91. The molecule has 0 bridgehead atoms. The molecular weight excluding hydrogens is 849 g/mol. The van der Waals surface area contributed by atoms with Crippen molar-refractivity contribution in [2.75, 3.05) is 13.2 Å². The van der Waals surface area contributed by atoms with Gasteiger partial charge in [-0.2, -0.15) is 8.42 Å². The molecule has 2 saturated heterocycles. The van der Waals surface area contributed by atoms with E-state index in [1.54, 1.807) is 0 Å². The average molecular weight is 909 g/mol. The lowest BCUT2D eigenvalue weighted by atomic mass is 9.89. The van der Waals surface area contributed by atoms with E-state index in [2.05, 4.69) is 30.8 Å². The Morgan fingerprint density at radius 2 is 1.46 bits per heavy atom. The number of ether oxygens (including phenoxy) is 2. The first-order valence-electron chi connectivity index (χ1n) is 20.0. The van der Waals surface area contributed by atoms with Crippen molar-refractivity contribution in [2.24, 2.45) is 10.8 Å². The van der Waals surface area contributed by atoms with Crippen LogP contribution in [0.25, 0.3) is 10.4 Å². The van der Waals surface area contributed by atoms with Crippen molar-refractivity contribution in [3.05, 3.63) is 98.9 Å². The van der Waals surface area contributed by atoms with Gasteiger partial charge in [0, 0.05) is 47.9 Å². The summed E-state index contributed by atoms with van der Waals surface area (Å²) in [6, 6.07) is -0.729. The number of nitrogens with zero attached hydrogens (tertiary/aromatic N) is 7. The minimum Gasteiger partial charge on any atom is -0.414 e. The van der Waals surface area contributed by atoms with Crippen LogP contribution in [0.5, 0.6) is 0 Å². The lowest BCUT2D eigenvalue weighted by Gasteiger charge is -2.43. The van der Waals surface area contributed by atoms with Crippen molar-refractivity contribution in [3.63, 3.8) is 0 Å². The van der Waals surface area contributed by atoms with Crippen molar-refractivity contribution in [2.45, 2.75) is 154 Å². The second-order valence-corrected chi connectivity index (χ2v) is 29.9. The Morgan fingerprint density at radius 3 is 1.93 bits per heavy atom. The molecule has 7 atom stereocenters. The van der Waals surface area contributed by atoms with E-state index in [9.17, 15) is 32.7 Å². The number of azide groups is 1. The first-order valence-corrected chi connectivity index (χ1v) is 27.3. The molecule has 0 aliphatic carbocycles. The minimum absolute atomic E-state index is 0.0913. The maximum atomic E-state index is 14.5. The molecule has 2 unspecified atom stereocenters. The van der Waals surface area contributed by atoms with Crippen LogP contribution in [0.1, 0.15) is 71.5 Å². The highest BCUT2D eigenvalue weighted by atomic mass is 32.2. The third-order valence-electron chi connectivity index (χ3n) is 12.7. The molecule has 61 heavy (non-hydrogen) atoms. The van der Waals surface area contributed by atoms with Gasteiger partial charge in [0.25, 0.3) is 21.2 Å². The van der Waals surface area contributed by atoms with Crippen LogP contribution in [-0.2, 0) is 45.7 Å². The van der Waals surface area contributed by atoms with Crippen molar-refractivity contribution in [3.8, 4) is 0 Å². The van der Waals surface area contributed by atoms with Gasteiger partial charge in [0.15, 0.2) is 28.5 Å². The van der Waals surface area contributed by atoms with Gasteiger partial charge in [-0.05, 0) is 55.6 Å². The normalized spacial score (nSPS) is 26.9. The third kappa shape index (κ3) is 9.13. The summed E-state index contributed by atoms with van der Waals surface area (Å²) < 4.78 is 62.7. The summed E-state index contributed by atoms with van der Waals surface area (Å²) in [7, 11) is -9.66. The highest BCUT2D eigenvalue weighted by molar-refractivity contribution is 7.90. The molecule has 3 aliphatic heterocycles. The molecule has 338 valence electrons. The highest BCUT2D eigenvalue weighted by Crippen LogP contribution is 2.52. The van der Waals surface area contributed by atoms with Crippen molar-refractivity contribution in [1.29, 1.82) is 0 Å². The van der Waals surface area contributed by atoms with Gasteiger partial charge >= 0.3 is 11.4 Å². The van der Waals surface area contributed by atoms with Gasteiger partial charge in [-0.1, -0.05) is 58.8 Å². The Kier molecular flexibility index (Phi) is 13.4. The van der Waals surface area contributed by atoms with Gasteiger partial charge in [-0.25, -0.2) is 13.8 Å². The molecule has 5 heterocycles. The first-order chi connectivity index (χ1) is 28.0. The molecular formula is C38H60N8O12SSi2. The highest BCUT2D eigenvalue weighted by Gasteiger charge is 2.67. The summed E-state index contributed by atoms with van der Waals surface area (Å²) in [4.78, 5) is 57.7. The largest absolute Gasteiger partial charge is 0.414 e. The number of allylic oxidation sites excluding steroid dienone is 2. The number of aromatic nitrogens is 4. The van der Waals surface area contributed by atoms with Crippen LogP contribution in [0.2, 0.25) is 36.3 Å². The van der Waals surface area contributed by atoms with Gasteiger partial charge in [-0.15, -0.1) is 0 Å². The molecule has 0 aromatic carbocycles. The van der Waals surface area contributed by atoms with Gasteiger partial charge in [0.2, 0.25) is 0 Å². The van der Waals surface area contributed by atoms with Crippen molar-refractivity contribution in [1.82, 2.24) is 18.3 Å². The molecule has 0 saturated carbocycles. The van der Waals surface area contributed by atoms with Gasteiger partial charge < -0.3 is 29.2 Å². The molecule has 5 rings (SSSR count). The zero-order valence-corrected chi connectivity index (χ0v) is 39.8. The smallest absolute Gasteiger partial charge is 0.333 e. The molecule has 20 nitrogen and oxygen atoms in total. The Morgan fingerprint density at radius 1 is 0.934 bits per heavy atom. The van der Waals surface area contributed by atoms with E-state index in [0.717, 1.165) is 14.5 Å². The Bertz CT molecular complexity index is 2490. The first kappa shape index (κ1) is 48.1. The number of rotatable bonds is 13. The maximum Gasteiger partial charge on any atom is 0.333 e. The SMILES string of the molecule is Cc1cn([C@@H]2OC(CO[Si](C)(C)C(C)(C)C)C3(OS(=O)(=O)C=C3N)[C@H]2O[Si](C)(C)C(C)(C)C)c(=O)n(C/C=C\Cn2c(=O)c(C)cn([C@H]3C[C@H](N=[N+]=[N-])[C@@H](CO)O3)c2=O)c1=O. The van der Waals surface area contributed by atoms with E-state index in [1.807, 2.05) is 47.0 Å². The number of hydrogen-bond donors (Lipinski definition) is 2. The minimum atomic E-state index is -4.34. The van der Waals surface area contributed by atoms with Crippen LogP contribution >= 0.6 is 0 Å². The molecule has 0 amide bonds. The summed E-state index contributed by atoms with van der Waals surface area (Å²) in [5, 5.41) is 13.6. The summed E-state index contributed by atoms with van der Waals surface area (Å²) >= 11 is 0. The van der Waals surface area contributed by atoms with E-state index in [1.165, 1.54) is 47.5 Å². The molecule has 2 aromatic heterocycles. The van der Waals surface area contributed by atoms with Crippen LogP contribution in [0.4, 0.5) is 0 Å². The van der Waals surface area contributed by atoms with E-state index in [-0.39, 0.29) is 48.0 Å². The molecule has 3 N–H and O–H groups in total. The van der Waals surface area contributed by atoms with Crippen molar-refractivity contribution < 1.29 is 36.0 Å². The zero-order valence-electron chi connectivity index (χ0n) is 36.9.